The Balaban J connectivity index is 1.35. The van der Waals surface area contributed by atoms with Gasteiger partial charge in [0.1, 0.15) is 12.1 Å². The van der Waals surface area contributed by atoms with Gasteiger partial charge in [0, 0.05) is 6.54 Å². The van der Waals surface area contributed by atoms with Crippen LogP contribution in [0.1, 0.15) is 63.5 Å². The third-order valence-corrected chi connectivity index (χ3v) is 7.34. The monoisotopic (exact) mass is 426 g/mol. The molecular weight excluding hydrogens is 392 g/mol. The summed E-state index contributed by atoms with van der Waals surface area (Å²) in [5.74, 6) is 0.0949. The summed E-state index contributed by atoms with van der Waals surface area (Å²) in [5.41, 5.74) is 0.372. The normalized spacial score (nSPS) is 27.5. The van der Waals surface area contributed by atoms with E-state index in [0.29, 0.717) is 25.3 Å². The lowest BCUT2D eigenvalue weighted by molar-refractivity contribution is -0.136. The van der Waals surface area contributed by atoms with E-state index in [9.17, 15) is 14.4 Å². The Morgan fingerprint density at radius 2 is 1.84 bits per heavy atom. The molecule has 31 heavy (non-hydrogen) atoms. The Bertz CT molecular complexity index is 798. The van der Waals surface area contributed by atoms with E-state index < -0.39 is 11.6 Å². The third-order valence-electron chi connectivity index (χ3n) is 7.34. The van der Waals surface area contributed by atoms with Crippen LogP contribution in [0.3, 0.4) is 0 Å². The number of hydrogen-bond acceptors (Lipinski definition) is 4. The van der Waals surface area contributed by atoms with Crippen molar-refractivity contribution >= 4 is 17.8 Å². The SMILES string of the molecule is CCC1CCC2(CC1)NC(=O)N(CC(=O)NCC(c1ccccc1)N1CCCC1)C2=O. The summed E-state index contributed by atoms with van der Waals surface area (Å²) in [6.45, 7) is 4.45. The van der Waals surface area contributed by atoms with Crippen LogP contribution in [0.2, 0.25) is 0 Å². The van der Waals surface area contributed by atoms with Crippen LogP contribution in [0.4, 0.5) is 4.79 Å². The van der Waals surface area contributed by atoms with Crippen molar-refractivity contribution in [2.45, 2.75) is 63.5 Å². The van der Waals surface area contributed by atoms with E-state index in [1.807, 2.05) is 18.2 Å². The van der Waals surface area contributed by atoms with E-state index in [1.54, 1.807) is 0 Å². The predicted octanol–water partition coefficient (Wildman–Crippen LogP) is 2.83. The van der Waals surface area contributed by atoms with Gasteiger partial charge >= 0.3 is 6.03 Å². The highest BCUT2D eigenvalue weighted by Gasteiger charge is 2.52. The molecule has 1 spiro atoms. The second kappa shape index (κ2) is 9.39. The van der Waals surface area contributed by atoms with Crippen molar-refractivity contribution < 1.29 is 14.4 Å². The summed E-state index contributed by atoms with van der Waals surface area (Å²) in [6.07, 6.45) is 6.65. The first-order valence-electron chi connectivity index (χ1n) is 11.7. The van der Waals surface area contributed by atoms with Gasteiger partial charge in [0.2, 0.25) is 5.91 Å². The molecule has 1 aliphatic carbocycles. The summed E-state index contributed by atoms with van der Waals surface area (Å²) in [4.78, 5) is 41.8. The molecule has 1 aromatic carbocycles. The molecule has 2 saturated heterocycles. The molecule has 4 amide bonds. The first-order valence-corrected chi connectivity index (χ1v) is 11.7. The van der Waals surface area contributed by atoms with E-state index in [2.05, 4.69) is 34.6 Å². The van der Waals surface area contributed by atoms with Crippen molar-refractivity contribution in [3.8, 4) is 0 Å². The van der Waals surface area contributed by atoms with Gasteiger partial charge < -0.3 is 10.6 Å². The molecule has 1 atom stereocenters. The molecule has 2 aliphatic heterocycles. The van der Waals surface area contributed by atoms with Crippen molar-refractivity contribution in [1.29, 1.82) is 0 Å². The minimum absolute atomic E-state index is 0.103. The fraction of sp³-hybridized carbons (Fsp3) is 0.625. The molecule has 3 fully saturated rings. The van der Waals surface area contributed by atoms with Gasteiger partial charge in [0.05, 0.1) is 6.04 Å². The van der Waals surface area contributed by atoms with Crippen LogP contribution in [-0.4, -0.2) is 59.4 Å². The molecule has 2 heterocycles. The molecule has 7 heteroatoms. The molecule has 1 unspecified atom stereocenters. The van der Waals surface area contributed by atoms with Gasteiger partial charge in [-0.2, -0.15) is 0 Å². The molecule has 4 rings (SSSR count). The fourth-order valence-corrected chi connectivity index (χ4v) is 5.33. The molecular formula is C24H34N4O3. The van der Waals surface area contributed by atoms with Crippen LogP contribution in [0.15, 0.2) is 30.3 Å². The Morgan fingerprint density at radius 1 is 1.16 bits per heavy atom. The molecule has 2 N–H and O–H groups in total. The van der Waals surface area contributed by atoms with Crippen LogP contribution in [0.25, 0.3) is 0 Å². The Kier molecular flexibility index (Phi) is 6.60. The van der Waals surface area contributed by atoms with E-state index in [4.69, 9.17) is 0 Å². The zero-order valence-corrected chi connectivity index (χ0v) is 18.4. The molecule has 0 radical (unpaired) electrons. The van der Waals surface area contributed by atoms with Crippen molar-refractivity contribution in [3.63, 3.8) is 0 Å². The van der Waals surface area contributed by atoms with Gasteiger partial charge in [0.25, 0.3) is 5.91 Å². The lowest BCUT2D eigenvalue weighted by atomic mass is 9.75. The van der Waals surface area contributed by atoms with Crippen LogP contribution >= 0.6 is 0 Å². The van der Waals surface area contributed by atoms with Crippen LogP contribution < -0.4 is 10.6 Å². The van der Waals surface area contributed by atoms with Gasteiger partial charge in [-0.05, 0) is 63.1 Å². The van der Waals surface area contributed by atoms with Crippen LogP contribution in [0.5, 0.6) is 0 Å². The van der Waals surface area contributed by atoms with Crippen LogP contribution in [0, 0.1) is 5.92 Å². The maximum absolute atomic E-state index is 13.0. The van der Waals surface area contributed by atoms with Crippen molar-refractivity contribution in [2.75, 3.05) is 26.2 Å². The van der Waals surface area contributed by atoms with Gasteiger partial charge in [-0.25, -0.2) is 4.79 Å². The molecule has 1 saturated carbocycles. The predicted molar refractivity (Wildman–Crippen MR) is 118 cm³/mol. The second-order valence-corrected chi connectivity index (χ2v) is 9.23. The third kappa shape index (κ3) is 4.61. The number of rotatable bonds is 7. The summed E-state index contributed by atoms with van der Waals surface area (Å²) in [5, 5.41) is 5.88. The quantitative estimate of drug-likeness (QED) is 0.657. The lowest BCUT2D eigenvalue weighted by Gasteiger charge is -2.34. The number of hydrogen-bond donors (Lipinski definition) is 2. The van der Waals surface area contributed by atoms with E-state index >= 15 is 0 Å². The number of benzene rings is 1. The number of likely N-dealkylation sites (tertiary alicyclic amines) is 1. The number of carbonyl (C=O) groups is 3. The highest BCUT2D eigenvalue weighted by atomic mass is 16.2. The molecule has 3 aliphatic rings. The summed E-state index contributed by atoms with van der Waals surface area (Å²) in [7, 11) is 0. The molecule has 0 aromatic heterocycles. The Labute approximate surface area is 184 Å². The standard InChI is InChI=1S/C24H34N4O3/c1-2-18-10-12-24(13-11-18)22(30)28(23(31)26-24)17-21(29)25-16-20(27-14-6-7-15-27)19-8-4-3-5-9-19/h3-5,8-9,18,20H,2,6-7,10-17H2,1H3,(H,25,29)(H,26,31). The number of amides is 4. The number of nitrogens with zero attached hydrogens (tertiary/aromatic N) is 2. The fourth-order valence-electron chi connectivity index (χ4n) is 5.33. The van der Waals surface area contributed by atoms with Crippen molar-refractivity contribution in [2.24, 2.45) is 5.92 Å². The summed E-state index contributed by atoms with van der Waals surface area (Å²) >= 11 is 0. The number of nitrogens with one attached hydrogen (secondary N) is 2. The number of imide groups is 1. The lowest BCUT2D eigenvalue weighted by Crippen LogP contribution is -2.50. The van der Waals surface area contributed by atoms with E-state index in [0.717, 1.165) is 37.3 Å². The summed E-state index contributed by atoms with van der Waals surface area (Å²) < 4.78 is 0. The van der Waals surface area contributed by atoms with Gasteiger partial charge in [-0.3, -0.25) is 19.4 Å². The zero-order chi connectivity index (χ0) is 21.8. The van der Waals surface area contributed by atoms with Gasteiger partial charge in [-0.15, -0.1) is 0 Å². The average molecular weight is 427 g/mol. The summed E-state index contributed by atoms with van der Waals surface area (Å²) in [6, 6.07) is 9.86. The maximum atomic E-state index is 13.0. The first kappa shape index (κ1) is 21.8. The number of urea groups is 1. The smallest absolute Gasteiger partial charge is 0.325 e. The minimum atomic E-state index is -0.800. The molecule has 1 aromatic rings. The molecule has 168 valence electrons. The van der Waals surface area contributed by atoms with Crippen molar-refractivity contribution in [3.05, 3.63) is 35.9 Å². The first-order chi connectivity index (χ1) is 15.0. The Morgan fingerprint density at radius 3 is 2.48 bits per heavy atom. The minimum Gasteiger partial charge on any atom is -0.353 e. The van der Waals surface area contributed by atoms with Gasteiger partial charge in [0.15, 0.2) is 0 Å². The van der Waals surface area contributed by atoms with Crippen LogP contribution in [-0.2, 0) is 9.59 Å². The maximum Gasteiger partial charge on any atom is 0.325 e. The van der Waals surface area contributed by atoms with E-state index in [1.165, 1.54) is 18.4 Å². The highest BCUT2D eigenvalue weighted by Crippen LogP contribution is 2.37. The number of carbonyl (C=O) groups excluding carboxylic acids is 3. The molecule has 0 bridgehead atoms. The van der Waals surface area contributed by atoms with Gasteiger partial charge in [-0.1, -0.05) is 43.7 Å². The van der Waals surface area contributed by atoms with E-state index in [-0.39, 0.29) is 24.4 Å². The Hall–Kier alpha value is -2.41. The largest absolute Gasteiger partial charge is 0.353 e. The average Bonchev–Trinajstić information content (AvgIpc) is 3.39. The highest BCUT2D eigenvalue weighted by molar-refractivity contribution is 6.09. The molecule has 7 nitrogen and oxygen atoms in total. The topological polar surface area (TPSA) is 81.8 Å². The zero-order valence-electron chi connectivity index (χ0n) is 18.4. The van der Waals surface area contributed by atoms with Crippen molar-refractivity contribution in [1.82, 2.24) is 20.4 Å². The second-order valence-electron chi connectivity index (χ2n) is 9.23.